The van der Waals surface area contributed by atoms with E-state index in [2.05, 4.69) is 19.1 Å². The van der Waals surface area contributed by atoms with E-state index >= 15 is 0 Å². The number of aliphatic hydroxyl groups excluding tert-OH is 1. The number of carbonyl (C=O) groups is 2. The molecule has 0 aromatic carbocycles. The SMILES string of the molecule is CCC=CCC1CC1CC(O)C(=O)CCCCCCCC(=O)O. The number of hydrogen-bond acceptors (Lipinski definition) is 3. The lowest BCUT2D eigenvalue weighted by Crippen LogP contribution is -2.21. The highest BCUT2D eigenvalue weighted by molar-refractivity contribution is 5.82. The molecule has 2 N–H and O–H groups in total. The van der Waals surface area contributed by atoms with Crippen LogP contribution in [-0.4, -0.2) is 28.1 Å². The lowest BCUT2D eigenvalue weighted by atomic mass is 10.0. The number of Topliss-reactive ketones (excluding diaryl/α,β-unsaturated/α-hetero) is 1. The molecule has 0 aromatic heterocycles. The fourth-order valence-electron chi connectivity index (χ4n) is 3.02. The molecular formula is C19H32O4. The van der Waals surface area contributed by atoms with Crippen molar-refractivity contribution >= 4 is 11.8 Å². The normalized spacial score (nSPS) is 21.5. The molecule has 3 unspecified atom stereocenters. The topological polar surface area (TPSA) is 74.6 Å². The maximum absolute atomic E-state index is 11.9. The van der Waals surface area contributed by atoms with E-state index in [-0.39, 0.29) is 12.2 Å². The van der Waals surface area contributed by atoms with Crippen LogP contribution in [0.25, 0.3) is 0 Å². The molecule has 1 fully saturated rings. The van der Waals surface area contributed by atoms with Crippen LogP contribution < -0.4 is 0 Å². The van der Waals surface area contributed by atoms with Gasteiger partial charge in [-0.15, -0.1) is 0 Å². The van der Waals surface area contributed by atoms with Crippen LogP contribution >= 0.6 is 0 Å². The van der Waals surface area contributed by atoms with Gasteiger partial charge in [-0.25, -0.2) is 0 Å². The zero-order valence-corrected chi connectivity index (χ0v) is 14.4. The number of carboxylic acid groups (broad SMARTS) is 1. The molecule has 4 heteroatoms. The lowest BCUT2D eigenvalue weighted by Gasteiger charge is -2.09. The average Bonchev–Trinajstić information content (AvgIpc) is 3.24. The fourth-order valence-corrected chi connectivity index (χ4v) is 3.02. The summed E-state index contributed by atoms with van der Waals surface area (Å²) in [6.45, 7) is 2.12. The van der Waals surface area contributed by atoms with Gasteiger partial charge in [0.25, 0.3) is 0 Å². The molecule has 23 heavy (non-hydrogen) atoms. The standard InChI is InChI=1S/C19H32O4/c1-2-3-7-10-15-13-16(15)14-18(21)17(20)11-8-5-4-6-9-12-19(22)23/h3,7,15-16,18,21H,2,4-6,8-14H2,1H3,(H,22,23). The lowest BCUT2D eigenvalue weighted by molar-refractivity contribution is -0.137. The number of aliphatic hydroxyl groups is 1. The molecule has 0 saturated heterocycles. The highest BCUT2D eigenvalue weighted by atomic mass is 16.4. The van der Waals surface area contributed by atoms with E-state index in [1.807, 2.05) is 0 Å². The van der Waals surface area contributed by atoms with E-state index in [1.165, 1.54) is 0 Å². The van der Waals surface area contributed by atoms with Crippen LogP contribution in [-0.2, 0) is 9.59 Å². The average molecular weight is 324 g/mol. The van der Waals surface area contributed by atoms with Gasteiger partial charge in [-0.3, -0.25) is 9.59 Å². The summed E-state index contributed by atoms with van der Waals surface area (Å²) < 4.78 is 0. The quantitative estimate of drug-likeness (QED) is 0.372. The van der Waals surface area contributed by atoms with Gasteiger partial charge in [0.15, 0.2) is 5.78 Å². The van der Waals surface area contributed by atoms with Gasteiger partial charge in [0, 0.05) is 12.8 Å². The highest BCUT2D eigenvalue weighted by Crippen LogP contribution is 2.44. The third kappa shape index (κ3) is 9.54. The molecule has 3 atom stereocenters. The minimum atomic E-state index is -0.785. The smallest absolute Gasteiger partial charge is 0.303 e. The predicted octanol–water partition coefficient (Wildman–Crippen LogP) is 4.11. The molecule has 0 aliphatic heterocycles. The van der Waals surface area contributed by atoms with Crippen LogP contribution in [0.5, 0.6) is 0 Å². The Morgan fingerprint density at radius 3 is 2.35 bits per heavy atom. The number of carbonyl (C=O) groups excluding carboxylic acids is 1. The van der Waals surface area contributed by atoms with Crippen molar-refractivity contribution in [3.8, 4) is 0 Å². The predicted molar refractivity (Wildman–Crippen MR) is 91.2 cm³/mol. The van der Waals surface area contributed by atoms with E-state index in [9.17, 15) is 14.7 Å². The molecule has 1 saturated carbocycles. The zero-order chi connectivity index (χ0) is 17.1. The van der Waals surface area contributed by atoms with Gasteiger partial charge in [0.05, 0.1) is 0 Å². The van der Waals surface area contributed by atoms with Gasteiger partial charge >= 0.3 is 5.97 Å². The summed E-state index contributed by atoms with van der Waals surface area (Å²) >= 11 is 0. The maximum Gasteiger partial charge on any atom is 0.303 e. The molecule has 132 valence electrons. The van der Waals surface area contributed by atoms with Crippen molar-refractivity contribution in [2.75, 3.05) is 0 Å². The Balaban J connectivity index is 2.00. The van der Waals surface area contributed by atoms with Gasteiger partial charge in [-0.1, -0.05) is 38.3 Å². The first-order chi connectivity index (χ1) is 11.0. The zero-order valence-electron chi connectivity index (χ0n) is 14.4. The molecular weight excluding hydrogens is 292 g/mol. The molecule has 0 bridgehead atoms. The summed E-state index contributed by atoms with van der Waals surface area (Å²) in [6, 6.07) is 0. The van der Waals surface area contributed by atoms with Crippen molar-refractivity contribution in [1.29, 1.82) is 0 Å². The number of hydrogen-bond donors (Lipinski definition) is 2. The van der Waals surface area contributed by atoms with Crippen LogP contribution in [0.2, 0.25) is 0 Å². The Morgan fingerprint density at radius 1 is 1.04 bits per heavy atom. The molecule has 0 aromatic rings. The van der Waals surface area contributed by atoms with Gasteiger partial charge in [-0.2, -0.15) is 0 Å². The van der Waals surface area contributed by atoms with Gasteiger partial charge in [0.2, 0.25) is 0 Å². The van der Waals surface area contributed by atoms with Crippen LogP contribution in [0.15, 0.2) is 12.2 Å². The summed E-state index contributed by atoms with van der Waals surface area (Å²) in [5.74, 6) is 0.415. The van der Waals surface area contributed by atoms with Crippen molar-refractivity contribution < 1.29 is 19.8 Å². The third-order valence-electron chi connectivity index (χ3n) is 4.62. The first-order valence-electron chi connectivity index (χ1n) is 9.12. The first kappa shape index (κ1) is 19.9. The largest absolute Gasteiger partial charge is 0.481 e. The van der Waals surface area contributed by atoms with E-state index < -0.39 is 12.1 Å². The molecule has 0 radical (unpaired) electrons. The van der Waals surface area contributed by atoms with E-state index in [4.69, 9.17) is 5.11 Å². The fraction of sp³-hybridized carbons (Fsp3) is 0.789. The van der Waals surface area contributed by atoms with Gasteiger partial charge < -0.3 is 10.2 Å². The van der Waals surface area contributed by atoms with Crippen molar-refractivity contribution in [1.82, 2.24) is 0 Å². The Kier molecular flexibility index (Phi) is 9.85. The minimum absolute atomic E-state index is 0.0229. The monoisotopic (exact) mass is 324 g/mol. The third-order valence-corrected chi connectivity index (χ3v) is 4.62. The van der Waals surface area contributed by atoms with Crippen molar-refractivity contribution in [2.45, 2.75) is 83.7 Å². The summed E-state index contributed by atoms with van der Waals surface area (Å²) in [5.41, 5.74) is 0. The molecule has 4 nitrogen and oxygen atoms in total. The molecule has 0 spiro atoms. The van der Waals surface area contributed by atoms with Gasteiger partial charge in [0.1, 0.15) is 6.10 Å². The van der Waals surface area contributed by atoms with E-state index in [0.717, 1.165) is 44.9 Å². The van der Waals surface area contributed by atoms with E-state index in [0.29, 0.717) is 31.1 Å². The molecule has 1 aliphatic carbocycles. The number of rotatable bonds is 14. The summed E-state index contributed by atoms with van der Waals surface area (Å²) in [7, 11) is 0. The Bertz CT molecular complexity index is 389. The van der Waals surface area contributed by atoms with Crippen LogP contribution in [0.3, 0.4) is 0 Å². The number of aliphatic carboxylic acids is 1. The molecule has 0 heterocycles. The second-order valence-electron chi connectivity index (χ2n) is 6.75. The van der Waals surface area contributed by atoms with Crippen LogP contribution in [0.1, 0.15) is 77.6 Å². The molecule has 1 aliphatic rings. The van der Waals surface area contributed by atoms with Crippen molar-refractivity contribution in [3.05, 3.63) is 12.2 Å². The van der Waals surface area contributed by atoms with Gasteiger partial charge in [-0.05, 0) is 50.4 Å². The molecule has 1 rings (SSSR count). The summed E-state index contributed by atoms with van der Waals surface area (Å²) in [4.78, 5) is 22.3. The Hall–Kier alpha value is -1.16. The minimum Gasteiger partial charge on any atom is -0.481 e. The number of ketones is 1. The van der Waals surface area contributed by atoms with Crippen LogP contribution in [0, 0.1) is 11.8 Å². The second-order valence-corrected chi connectivity index (χ2v) is 6.75. The van der Waals surface area contributed by atoms with Crippen molar-refractivity contribution in [2.24, 2.45) is 11.8 Å². The number of unbranched alkanes of at least 4 members (excludes halogenated alkanes) is 4. The highest BCUT2D eigenvalue weighted by Gasteiger charge is 2.38. The maximum atomic E-state index is 11.9. The number of carboxylic acids is 1. The summed E-state index contributed by atoms with van der Waals surface area (Å²) in [5, 5.41) is 18.5. The van der Waals surface area contributed by atoms with Crippen LogP contribution in [0.4, 0.5) is 0 Å². The van der Waals surface area contributed by atoms with Crippen molar-refractivity contribution in [3.63, 3.8) is 0 Å². The molecule has 0 amide bonds. The number of allylic oxidation sites excluding steroid dienone is 2. The Labute approximate surface area is 140 Å². The van der Waals surface area contributed by atoms with E-state index in [1.54, 1.807) is 0 Å². The Morgan fingerprint density at radius 2 is 1.70 bits per heavy atom. The summed E-state index contributed by atoms with van der Waals surface area (Å²) in [6.07, 6.45) is 12.5. The second kappa shape index (κ2) is 11.4. The first-order valence-corrected chi connectivity index (χ1v) is 9.12.